The molecule has 3 rings (SSSR count). The smallest absolute Gasteiger partial charge is 0.191 e. The molecule has 1 unspecified atom stereocenters. The van der Waals surface area contributed by atoms with Crippen molar-refractivity contribution < 1.29 is 0 Å². The first kappa shape index (κ1) is 23.7. The molecule has 160 valence electrons. The van der Waals surface area contributed by atoms with Crippen LogP contribution in [-0.4, -0.2) is 34.9 Å². The number of nitrogens with one attached hydrogen (secondary N) is 2. The van der Waals surface area contributed by atoms with Gasteiger partial charge in [-0.15, -0.1) is 24.0 Å². The van der Waals surface area contributed by atoms with E-state index in [2.05, 4.69) is 73.8 Å². The summed E-state index contributed by atoms with van der Waals surface area (Å²) in [5.74, 6) is 0.913. The van der Waals surface area contributed by atoms with Crippen molar-refractivity contribution in [1.82, 2.24) is 20.4 Å². The summed E-state index contributed by atoms with van der Waals surface area (Å²) in [6.07, 6.45) is 4.69. The van der Waals surface area contributed by atoms with Gasteiger partial charge in [0.15, 0.2) is 5.96 Å². The third-order valence-electron chi connectivity index (χ3n) is 6.13. The minimum atomic E-state index is 0. The highest BCUT2D eigenvalue weighted by Crippen LogP contribution is 2.43. The monoisotopic (exact) mass is 509 g/mol. The molecule has 0 amide bonds. The topological polar surface area (TPSA) is 54.2 Å². The fraction of sp³-hybridized carbons (Fsp3) is 0.565. The van der Waals surface area contributed by atoms with Gasteiger partial charge in [0.25, 0.3) is 0 Å². The van der Waals surface area contributed by atoms with Gasteiger partial charge in [0.05, 0.1) is 12.2 Å². The SMILES string of the molecule is CCNC(=NCC1(c2ccccc2)CCC1)NC(C)Cc1c(C)nn(C)c1C.I. The van der Waals surface area contributed by atoms with Crippen molar-refractivity contribution in [3.63, 3.8) is 0 Å². The summed E-state index contributed by atoms with van der Waals surface area (Å²) in [7, 11) is 2.01. The van der Waals surface area contributed by atoms with E-state index in [0.717, 1.165) is 31.2 Å². The minimum Gasteiger partial charge on any atom is -0.357 e. The predicted octanol–water partition coefficient (Wildman–Crippen LogP) is 4.26. The molecule has 1 aliphatic carbocycles. The molecule has 29 heavy (non-hydrogen) atoms. The minimum absolute atomic E-state index is 0. The summed E-state index contributed by atoms with van der Waals surface area (Å²) in [6.45, 7) is 10.3. The van der Waals surface area contributed by atoms with E-state index in [9.17, 15) is 0 Å². The maximum absolute atomic E-state index is 4.99. The van der Waals surface area contributed by atoms with E-state index >= 15 is 0 Å². The van der Waals surface area contributed by atoms with E-state index in [0.29, 0.717) is 0 Å². The third-order valence-corrected chi connectivity index (χ3v) is 6.13. The molecule has 1 aromatic carbocycles. The number of aromatic nitrogens is 2. The number of aliphatic imine (C=N–C) groups is 1. The average molecular weight is 509 g/mol. The summed E-state index contributed by atoms with van der Waals surface area (Å²) >= 11 is 0. The maximum atomic E-state index is 4.99. The van der Waals surface area contributed by atoms with E-state index < -0.39 is 0 Å². The van der Waals surface area contributed by atoms with E-state index in [1.807, 2.05) is 11.7 Å². The first-order valence-electron chi connectivity index (χ1n) is 10.5. The van der Waals surface area contributed by atoms with Gasteiger partial charge in [-0.3, -0.25) is 9.67 Å². The second-order valence-electron chi connectivity index (χ2n) is 8.22. The molecular weight excluding hydrogens is 473 g/mol. The molecule has 1 aromatic heterocycles. The third kappa shape index (κ3) is 5.53. The quantitative estimate of drug-likeness (QED) is 0.333. The second kappa shape index (κ2) is 10.5. The van der Waals surface area contributed by atoms with Crippen LogP contribution in [0.1, 0.15) is 55.6 Å². The van der Waals surface area contributed by atoms with Crippen molar-refractivity contribution in [3.8, 4) is 0 Å². The van der Waals surface area contributed by atoms with Gasteiger partial charge >= 0.3 is 0 Å². The molecule has 1 heterocycles. The lowest BCUT2D eigenvalue weighted by Crippen LogP contribution is -2.45. The maximum Gasteiger partial charge on any atom is 0.191 e. The van der Waals surface area contributed by atoms with Crippen LogP contribution in [0.2, 0.25) is 0 Å². The van der Waals surface area contributed by atoms with Gasteiger partial charge in [0.1, 0.15) is 0 Å². The van der Waals surface area contributed by atoms with Gasteiger partial charge in [0, 0.05) is 30.7 Å². The molecule has 0 saturated heterocycles. The number of nitrogens with zero attached hydrogens (tertiary/aromatic N) is 3. The fourth-order valence-corrected chi connectivity index (χ4v) is 4.19. The molecule has 0 spiro atoms. The molecule has 2 N–H and O–H groups in total. The lowest BCUT2D eigenvalue weighted by molar-refractivity contribution is 0.253. The number of hydrogen-bond donors (Lipinski definition) is 2. The Labute approximate surface area is 192 Å². The highest BCUT2D eigenvalue weighted by Gasteiger charge is 2.38. The number of aryl methyl sites for hydroxylation is 2. The Morgan fingerprint density at radius 3 is 2.45 bits per heavy atom. The average Bonchev–Trinajstić information content (AvgIpc) is 2.88. The van der Waals surface area contributed by atoms with Crippen molar-refractivity contribution in [3.05, 3.63) is 52.8 Å². The number of halogens is 1. The molecule has 1 saturated carbocycles. The van der Waals surface area contributed by atoms with Gasteiger partial charge in [-0.05, 0) is 58.1 Å². The van der Waals surface area contributed by atoms with Crippen molar-refractivity contribution in [2.45, 2.75) is 64.8 Å². The molecular formula is C23H36IN5. The number of benzene rings is 1. The van der Waals surface area contributed by atoms with Crippen molar-refractivity contribution in [1.29, 1.82) is 0 Å². The molecule has 0 radical (unpaired) electrons. The summed E-state index contributed by atoms with van der Waals surface area (Å²) < 4.78 is 1.97. The zero-order chi connectivity index (χ0) is 20.1. The largest absolute Gasteiger partial charge is 0.357 e. The molecule has 1 atom stereocenters. The molecule has 0 bridgehead atoms. The van der Waals surface area contributed by atoms with E-state index in [4.69, 9.17) is 4.99 Å². The summed E-state index contributed by atoms with van der Waals surface area (Å²) in [6, 6.07) is 11.2. The lowest BCUT2D eigenvalue weighted by atomic mass is 9.64. The fourth-order valence-electron chi connectivity index (χ4n) is 4.19. The zero-order valence-electron chi connectivity index (χ0n) is 18.5. The zero-order valence-corrected chi connectivity index (χ0v) is 20.8. The van der Waals surface area contributed by atoms with Gasteiger partial charge in [-0.2, -0.15) is 5.10 Å². The van der Waals surface area contributed by atoms with Crippen LogP contribution in [0.5, 0.6) is 0 Å². The van der Waals surface area contributed by atoms with Gasteiger partial charge < -0.3 is 10.6 Å². The van der Waals surface area contributed by atoms with Crippen LogP contribution >= 0.6 is 24.0 Å². The Kier molecular flexibility index (Phi) is 8.55. The van der Waals surface area contributed by atoms with Gasteiger partial charge in [0.2, 0.25) is 0 Å². The Hall–Kier alpha value is -1.57. The first-order chi connectivity index (χ1) is 13.4. The van der Waals surface area contributed by atoms with Crippen LogP contribution in [0.25, 0.3) is 0 Å². The normalized spacial score (nSPS) is 16.5. The highest BCUT2D eigenvalue weighted by atomic mass is 127. The number of rotatable bonds is 7. The Morgan fingerprint density at radius 1 is 1.24 bits per heavy atom. The highest BCUT2D eigenvalue weighted by molar-refractivity contribution is 14.0. The Bertz CT molecular complexity index is 808. The summed E-state index contributed by atoms with van der Waals surface area (Å²) in [5, 5.41) is 11.6. The molecule has 0 aliphatic heterocycles. The van der Waals surface area contributed by atoms with Crippen LogP contribution in [0.4, 0.5) is 0 Å². The molecule has 6 heteroatoms. The van der Waals surface area contributed by atoms with Crippen LogP contribution < -0.4 is 10.6 Å². The molecule has 1 aliphatic rings. The molecule has 1 fully saturated rings. The Balaban J connectivity index is 0.00000300. The van der Waals surface area contributed by atoms with Crippen LogP contribution in [-0.2, 0) is 18.9 Å². The van der Waals surface area contributed by atoms with Crippen molar-refractivity contribution >= 4 is 29.9 Å². The van der Waals surface area contributed by atoms with Crippen molar-refractivity contribution in [2.75, 3.05) is 13.1 Å². The van der Waals surface area contributed by atoms with Crippen LogP contribution in [0.15, 0.2) is 35.3 Å². The number of hydrogen-bond acceptors (Lipinski definition) is 2. The second-order valence-corrected chi connectivity index (χ2v) is 8.22. The Morgan fingerprint density at radius 2 is 1.93 bits per heavy atom. The summed E-state index contributed by atoms with van der Waals surface area (Å²) in [4.78, 5) is 4.99. The lowest BCUT2D eigenvalue weighted by Gasteiger charge is -2.41. The first-order valence-corrected chi connectivity index (χ1v) is 10.5. The van der Waals surface area contributed by atoms with Crippen LogP contribution in [0, 0.1) is 13.8 Å². The van der Waals surface area contributed by atoms with Gasteiger partial charge in [-0.1, -0.05) is 36.8 Å². The summed E-state index contributed by atoms with van der Waals surface area (Å²) in [5.41, 5.74) is 5.33. The standard InChI is InChI=1S/C23H35N5.HI/c1-6-24-22(26-17(2)15-21-18(3)27-28(5)19(21)4)25-16-23(13-10-14-23)20-11-8-7-9-12-20;/h7-9,11-12,17H,6,10,13-16H2,1-5H3,(H2,24,25,26);1H. The molecule has 2 aromatic rings. The van der Waals surface area contributed by atoms with E-state index in [-0.39, 0.29) is 35.4 Å². The van der Waals surface area contributed by atoms with Gasteiger partial charge in [-0.25, -0.2) is 0 Å². The van der Waals surface area contributed by atoms with E-state index in [1.54, 1.807) is 0 Å². The van der Waals surface area contributed by atoms with E-state index in [1.165, 1.54) is 36.1 Å². The predicted molar refractivity (Wildman–Crippen MR) is 132 cm³/mol. The van der Waals surface area contributed by atoms with Crippen LogP contribution in [0.3, 0.4) is 0 Å². The number of guanidine groups is 1. The molecule has 5 nitrogen and oxygen atoms in total. The van der Waals surface area contributed by atoms with Crippen molar-refractivity contribution in [2.24, 2.45) is 12.0 Å².